The average molecular weight is 204 g/mol. The Labute approximate surface area is 80.9 Å². The molecule has 0 aromatic heterocycles. The van der Waals surface area contributed by atoms with E-state index >= 15 is 0 Å². The standard InChI is InChI=1S/C8H16N2O2S/c1-10-5-3-7(8(10)11)13(12)6-2-4-9/h7H,2-6,9H2,1H3. The summed E-state index contributed by atoms with van der Waals surface area (Å²) >= 11 is 0. The topological polar surface area (TPSA) is 63.4 Å². The molecular weight excluding hydrogens is 188 g/mol. The highest BCUT2D eigenvalue weighted by molar-refractivity contribution is 7.86. The van der Waals surface area contributed by atoms with Crippen molar-refractivity contribution in [2.24, 2.45) is 5.73 Å². The van der Waals surface area contributed by atoms with Gasteiger partial charge in [-0.2, -0.15) is 0 Å². The number of likely N-dealkylation sites (tertiary alicyclic amines) is 1. The fourth-order valence-corrected chi connectivity index (χ4v) is 2.91. The molecule has 1 aliphatic rings. The minimum atomic E-state index is -1.02. The molecule has 0 spiro atoms. The second-order valence-corrected chi connectivity index (χ2v) is 5.00. The Morgan fingerprint density at radius 3 is 2.85 bits per heavy atom. The third-order valence-electron chi connectivity index (χ3n) is 2.25. The van der Waals surface area contributed by atoms with Gasteiger partial charge in [0.05, 0.1) is 0 Å². The van der Waals surface area contributed by atoms with Crippen molar-refractivity contribution < 1.29 is 9.00 Å². The second-order valence-electron chi connectivity index (χ2n) is 3.26. The third-order valence-corrected chi connectivity index (χ3v) is 4.01. The average Bonchev–Trinajstić information content (AvgIpc) is 2.44. The maximum atomic E-state index is 11.6. The zero-order valence-corrected chi connectivity index (χ0v) is 8.68. The van der Waals surface area contributed by atoms with Gasteiger partial charge in [-0.05, 0) is 19.4 Å². The van der Waals surface area contributed by atoms with E-state index in [4.69, 9.17) is 5.73 Å². The molecule has 1 aliphatic heterocycles. The zero-order valence-electron chi connectivity index (χ0n) is 7.86. The van der Waals surface area contributed by atoms with Gasteiger partial charge in [-0.3, -0.25) is 9.00 Å². The van der Waals surface area contributed by atoms with Crippen LogP contribution in [-0.4, -0.2) is 46.2 Å². The van der Waals surface area contributed by atoms with Crippen LogP contribution in [0.25, 0.3) is 0 Å². The lowest BCUT2D eigenvalue weighted by Gasteiger charge is -2.09. The quantitative estimate of drug-likeness (QED) is 0.659. The van der Waals surface area contributed by atoms with Gasteiger partial charge in [-0.25, -0.2) is 0 Å². The third kappa shape index (κ3) is 2.51. The van der Waals surface area contributed by atoms with Crippen LogP contribution in [0.15, 0.2) is 0 Å². The highest BCUT2D eigenvalue weighted by Crippen LogP contribution is 2.15. The first kappa shape index (κ1) is 10.7. The van der Waals surface area contributed by atoms with Crippen LogP contribution < -0.4 is 5.73 Å². The molecular formula is C8H16N2O2S. The molecule has 1 amide bonds. The summed E-state index contributed by atoms with van der Waals surface area (Å²) in [6.07, 6.45) is 1.46. The maximum Gasteiger partial charge on any atom is 0.238 e. The van der Waals surface area contributed by atoms with Crippen molar-refractivity contribution in [1.29, 1.82) is 0 Å². The predicted octanol–water partition coefficient (Wildman–Crippen LogP) is -0.685. The molecule has 76 valence electrons. The molecule has 0 aromatic rings. The molecule has 0 saturated carbocycles. The van der Waals surface area contributed by atoms with Crippen molar-refractivity contribution in [1.82, 2.24) is 4.90 Å². The highest BCUT2D eigenvalue weighted by atomic mass is 32.2. The molecule has 1 rings (SSSR count). The van der Waals surface area contributed by atoms with Crippen LogP contribution >= 0.6 is 0 Å². The summed E-state index contributed by atoms with van der Waals surface area (Å²) in [5.74, 6) is 0.580. The molecule has 2 N–H and O–H groups in total. The van der Waals surface area contributed by atoms with Gasteiger partial charge >= 0.3 is 0 Å². The smallest absolute Gasteiger partial charge is 0.238 e. The van der Waals surface area contributed by atoms with Gasteiger partial charge in [0.2, 0.25) is 5.91 Å². The summed E-state index contributed by atoms with van der Waals surface area (Å²) in [5.41, 5.74) is 5.31. The molecule has 0 aliphatic carbocycles. The Morgan fingerprint density at radius 1 is 1.69 bits per heavy atom. The first-order valence-corrected chi connectivity index (χ1v) is 5.87. The Bertz CT molecular complexity index is 220. The van der Waals surface area contributed by atoms with Crippen molar-refractivity contribution >= 4 is 16.7 Å². The number of nitrogens with zero attached hydrogens (tertiary/aromatic N) is 1. The molecule has 0 bridgehead atoms. The Balaban J connectivity index is 2.44. The van der Waals surface area contributed by atoms with Crippen LogP contribution in [0.2, 0.25) is 0 Å². The van der Waals surface area contributed by atoms with Crippen molar-refractivity contribution in [2.75, 3.05) is 25.9 Å². The van der Waals surface area contributed by atoms with Crippen LogP contribution in [0.1, 0.15) is 12.8 Å². The summed E-state index contributed by atoms with van der Waals surface area (Å²) < 4.78 is 11.6. The van der Waals surface area contributed by atoms with E-state index in [1.807, 2.05) is 0 Å². The number of carbonyl (C=O) groups is 1. The SMILES string of the molecule is CN1CCC(S(=O)CCCN)C1=O. The number of hydrogen-bond acceptors (Lipinski definition) is 3. The molecule has 1 saturated heterocycles. The lowest BCUT2D eigenvalue weighted by molar-refractivity contribution is -0.126. The molecule has 5 heteroatoms. The van der Waals surface area contributed by atoms with Crippen LogP contribution in [0.4, 0.5) is 0 Å². The van der Waals surface area contributed by atoms with Crippen LogP contribution in [0.5, 0.6) is 0 Å². The van der Waals surface area contributed by atoms with E-state index in [1.54, 1.807) is 11.9 Å². The lowest BCUT2D eigenvalue weighted by Crippen LogP contribution is -2.29. The molecule has 1 fully saturated rings. The highest BCUT2D eigenvalue weighted by Gasteiger charge is 2.33. The van der Waals surface area contributed by atoms with E-state index in [2.05, 4.69) is 0 Å². The Kier molecular flexibility index (Phi) is 3.87. The number of hydrogen-bond donors (Lipinski definition) is 1. The van der Waals surface area contributed by atoms with Gasteiger partial charge in [0, 0.05) is 30.1 Å². The first-order valence-electron chi connectivity index (χ1n) is 4.49. The van der Waals surface area contributed by atoms with Crippen molar-refractivity contribution in [3.63, 3.8) is 0 Å². The Morgan fingerprint density at radius 2 is 2.38 bits per heavy atom. The van der Waals surface area contributed by atoms with Crippen molar-refractivity contribution in [3.05, 3.63) is 0 Å². The zero-order chi connectivity index (χ0) is 9.84. The number of nitrogens with two attached hydrogens (primary N) is 1. The van der Waals surface area contributed by atoms with Gasteiger partial charge in [-0.15, -0.1) is 0 Å². The minimum absolute atomic E-state index is 0.0235. The second kappa shape index (κ2) is 4.72. The summed E-state index contributed by atoms with van der Waals surface area (Å²) in [5, 5.41) is -0.267. The molecule has 4 nitrogen and oxygen atoms in total. The fourth-order valence-electron chi connectivity index (χ4n) is 1.40. The summed E-state index contributed by atoms with van der Waals surface area (Å²) in [6.45, 7) is 1.28. The first-order chi connectivity index (χ1) is 6.16. The molecule has 1 heterocycles. The van der Waals surface area contributed by atoms with Crippen LogP contribution in [0, 0.1) is 0 Å². The predicted molar refractivity (Wildman–Crippen MR) is 52.7 cm³/mol. The van der Waals surface area contributed by atoms with Gasteiger partial charge in [0.1, 0.15) is 5.25 Å². The Hall–Kier alpha value is -0.420. The van der Waals surface area contributed by atoms with E-state index in [0.29, 0.717) is 12.3 Å². The van der Waals surface area contributed by atoms with Gasteiger partial charge < -0.3 is 10.6 Å². The molecule has 13 heavy (non-hydrogen) atoms. The number of amides is 1. The van der Waals surface area contributed by atoms with Crippen LogP contribution in [0.3, 0.4) is 0 Å². The van der Waals surface area contributed by atoms with E-state index < -0.39 is 10.8 Å². The lowest BCUT2D eigenvalue weighted by atomic mass is 10.4. The van der Waals surface area contributed by atoms with Crippen molar-refractivity contribution in [2.45, 2.75) is 18.1 Å². The van der Waals surface area contributed by atoms with Gasteiger partial charge in [0.15, 0.2) is 0 Å². The van der Waals surface area contributed by atoms with Gasteiger partial charge in [0.25, 0.3) is 0 Å². The van der Waals surface area contributed by atoms with Crippen molar-refractivity contribution in [3.8, 4) is 0 Å². The largest absolute Gasteiger partial charge is 0.345 e. The van der Waals surface area contributed by atoms with E-state index in [-0.39, 0.29) is 11.2 Å². The summed E-state index contributed by atoms with van der Waals surface area (Å²) in [6, 6.07) is 0. The molecule has 0 aromatic carbocycles. The monoisotopic (exact) mass is 204 g/mol. The fraction of sp³-hybridized carbons (Fsp3) is 0.875. The van der Waals surface area contributed by atoms with Gasteiger partial charge in [-0.1, -0.05) is 0 Å². The maximum absolute atomic E-state index is 11.6. The molecule has 2 unspecified atom stereocenters. The van der Waals surface area contributed by atoms with E-state index in [0.717, 1.165) is 19.4 Å². The number of carbonyl (C=O) groups excluding carboxylic acids is 1. The van der Waals surface area contributed by atoms with Crippen LogP contribution in [-0.2, 0) is 15.6 Å². The molecule has 2 atom stereocenters. The van der Waals surface area contributed by atoms with E-state index in [9.17, 15) is 9.00 Å². The van der Waals surface area contributed by atoms with E-state index in [1.165, 1.54) is 0 Å². The molecule has 0 radical (unpaired) electrons. The summed E-state index contributed by atoms with van der Waals surface area (Å²) in [7, 11) is 0.735. The summed E-state index contributed by atoms with van der Waals surface area (Å²) in [4.78, 5) is 13.1. The minimum Gasteiger partial charge on any atom is -0.345 e. The normalized spacial score (nSPS) is 25.2. The number of rotatable bonds is 4.